The van der Waals surface area contributed by atoms with E-state index in [1.165, 1.54) is 6.07 Å². The molecule has 32 heavy (non-hydrogen) atoms. The third kappa shape index (κ3) is 5.18. The number of nitrogens with zero attached hydrogens (tertiary/aromatic N) is 2. The number of aromatic hydroxyl groups is 2. The molecule has 2 aromatic rings. The van der Waals surface area contributed by atoms with Crippen molar-refractivity contribution in [2.24, 2.45) is 5.73 Å². The molecule has 0 aliphatic carbocycles. The zero-order valence-electron chi connectivity index (χ0n) is 18.3. The summed E-state index contributed by atoms with van der Waals surface area (Å²) in [6.45, 7) is 7.57. The van der Waals surface area contributed by atoms with Crippen LogP contribution < -0.4 is 10.6 Å². The molecule has 1 atom stereocenters. The molecule has 2 aromatic carbocycles. The van der Waals surface area contributed by atoms with Crippen molar-refractivity contribution in [3.63, 3.8) is 0 Å². The van der Waals surface area contributed by atoms with Gasteiger partial charge in [0.1, 0.15) is 17.3 Å². The van der Waals surface area contributed by atoms with Crippen molar-refractivity contribution in [3.05, 3.63) is 53.1 Å². The second-order valence-corrected chi connectivity index (χ2v) is 8.14. The number of carboxylic acids is 1. The minimum atomic E-state index is -1.54. The summed E-state index contributed by atoms with van der Waals surface area (Å²) in [5.41, 5.74) is 8.00. The summed E-state index contributed by atoms with van der Waals surface area (Å²) in [6, 6.07) is 9.83. The fraction of sp³-hybridized carbons (Fsp3) is 0.391. The van der Waals surface area contributed by atoms with Crippen LogP contribution >= 0.6 is 0 Å². The van der Waals surface area contributed by atoms with E-state index in [9.17, 15) is 20.1 Å². The third-order valence-corrected chi connectivity index (χ3v) is 5.52. The predicted octanol–water partition coefficient (Wildman–Crippen LogP) is 2.25. The first-order chi connectivity index (χ1) is 15.2. The van der Waals surface area contributed by atoms with E-state index in [1.54, 1.807) is 12.1 Å². The molecule has 3 rings (SSSR count). The van der Waals surface area contributed by atoms with Crippen molar-refractivity contribution >= 4 is 17.5 Å². The number of amidine groups is 1. The van der Waals surface area contributed by atoms with Gasteiger partial charge in [-0.05, 0) is 35.2 Å². The fourth-order valence-corrected chi connectivity index (χ4v) is 3.69. The number of phenolic OH excluding ortho intramolecular Hbond substituents is 2. The number of morpholine rings is 1. The number of ether oxygens (including phenoxy) is 1. The molecule has 1 saturated heterocycles. The number of hydrogen-bond donors (Lipinski definition) is 5. The molecule has 1 unspecified atom stereocenters. The Kier molecular flexibility index (Phi) is 7.34. The van der Waals surface area contributed by atoms with Gasteiger partial charge < -0.3 is 25.8 Å². The number of nitrogens with two attached hydrogens (primary N) is 1. The lowest BCUT2D eigenvalue weighted by molar-refractivity contribution is -0.138. The van der Waals surface area contributed by atoms with Crippen LogP contribution in [0.5, 0.6) is 11.5 Å². The number of aliphatic carboxylic acids is 1. The molecule has 0 aromatic heterocycles. The van der Waals surface area contributed by atoms with E-state index >= 15 is 0 Å². The average Bonchev–Trinajstić information content (AvgIpc) is 2.75. The first kappa shape index (κ1) is 23.5. The van der Waals surface area contributed by atoms with E-state index in [0.29, 0.717) is 24.5 Å². The summed E-state index contributed by atoms with van der Waals surface area (Å²) >= 11 is 0. The molecule has 6 N–H and O–H groups in total. The van der Waals surface area contributed by atoms with Gasteiger partial charge in [0.25, 0.3) is 0 Å². The second-order valence-electron chi connectivity index (χ2n) is 8.14. The van der Waals surface area contributed by atoms with Crippen molar-refractivity contribution in [1.29, 1.82) is 5.41 Å². The lowest BCUT2D eigenvalue weighted by Crippen LogP contribution is -2.51. The predicted molar refractivity (Wildman–Crippen MR) is 121 cm³/mol. The SMILES string of the molecule is CC(C)c1cc(C(=N)N(c2ccc(CN3CCOCC3)cc2)C(N)C(=O)O)c(O)cc1O. The largest absolute Gasteiger partial charge is 0.508 e. The number of carbonyl (C=O) groups is 1. The molecule has 1 aliphatic heterocycles. The van der Waals surface area contributed by atoms with Gasteiger partial charge in [0, 0.05) is 31.4 Å². The van der Waals surface area contributed by atoms with Gasteiger partial charge in [0.15, 0.2) is 6.17 Å². The van der Waals surface area contributed by atoms with Gasteiger partial charge in [-0.2, -0.15) is 0 Å². The van der Waals surface area contributed by atoms with E-state index in [1.807, 2.05) is 26.0 Å². The lowest BCUT2D eigenvalue weighted by atomic mass is 9.98. The number of nitrogens with one attached hydrogen (secondary N) is 1. The molecular weight excluding hydrogens is 412 g/mol. The molecule has 9 nitrogen and oxygen atoms in total. The van der Waals surface area contributed by atoms with Gasteiger partial charge in [0.2, 0.25) is 0 Å². The van der Waals surface area contributed by atoms with Crippen LogP contribution in [0.1, 0.15) is 36.5 Å². The highest BCUT2D eigenvalue weighted by Gasteiger charge is 2.28. The van der Waals surface area contributed by atoms with Crippen LogP contribution in [0.4, 0.5) is 5.69 Å². The average molecular weight is 443 g/mol. The van der Waals surface area contributed by atoms with Crippen molar-refractivity contribution in [1.82, 2.24) is 4.90 Å². The van der Waals surface area contributed by atoms with E-state index in [2.05, 4.69) is 4.90 Å². The first-order valence-electron chi connectivity index (χ1n) is 10.5. The smallest absolute Gasteiger partial charge is 0.341 e. The maximum absolute atomic E-state index is 11.7. The number of carboxylic acid groups (broad SMARTS) is 1. The van der Waals surface area contributed by atoms with Crippen molar-refractivity contribution in [2.75, 3.05) is 31.2 Å². The van der Waals surface area contributed by atoms with Gasteiger partial charge in [-0.1, -0.05) is 26.0 Å². The van der Waals surface area contributed by atoms with Crippen LogP contribution in [0, 0.1) is 5.41 Å². The Hall–Kier alpha value is -3.14. The number of anilines is 1. The summed E-state index contributed by atoms with van der Waals surface area (Å²) in [6.07, 6.45) is -1.54. The van der Waals surface area contributed by atoms with Gasteiger partial charge in [-0.15, -0.1) is 0 Å². The minimum absolute atomic E-state index is 0.0665. The van der Waals surface area contributed by atoms with Gasteiger partial charge in [0.05, 0.1) is 18.8 Å². The summed E-state index contributed by atoms with van der Waals surface area (Å²) in [4.78, 5) is 15.1. The minimum Gasteiger partial charge on any atom is -0.508 e. The number of rotatable bonds is 7. The summed E-state index contributed by atoms with van der Waals surface area (Å²) in [7, 11) is 0. The van der Waals surface area contributed by atoms with Crippen LogP contribution in [0.3, 0.4) is 0 Å². The van der Waals surface area contributed by atoms with Crippen LogP contribution in [0.15, 0.2) is 36.4 Å². The Morgan fingerprint density at radius 2 is 1.78 bits per heavy atom. The Morgan fingerprint density at radius 3 is 2.34 bits per heavy atom. The van der Waals surface area contributed by atoms with Gasteiger partial charge >= 0.3 is 5.97 Å². The zero-order chi connectivity index (χ0) is 23.4. The Bertz CT molecular complexity index is 971. The molecule has 0 amide bonds. The second kappa shape index (κ2) is 9.99. The van der Waals surface area contributed by atoms with E-state index in [-0.39, 0.29) is 28.8 Å². The van der Waals surface area contributed by atoms with Crippen molar-refractivity contribution in [3.8, 4) is 11.5 Å². The summed E-state index contributed by atoms with van der Waals surface area (Å²) in [5.74, 6) is -2.07. The number of phenols is 2. The van der Waals surface area contributed by atoms with Crippen LogP contribution in [0.25, 0.3) is 0 Å². The topological polar surface area (TPSA) is 143 Å². The number of hydrogen-bond acceptors (Lipinski definition) is 7. The molecule has 0 radical (unpaired) electrons. The zero-order valence-corrected chi connectivity index (χ0v) is 18.3. The maximum atomic E-state index is 11.7. The first-order valence-corrected chi connectivity index (χ1v) is 10.5. The summed E-state index contributed by atoms with van der Waals surface area (Å²) in [5, 5.41) is 38.7. The number of benzene rings is 2. The van der Waals surface area contributed by atoms with E-state index in [0.717, 1.165) is 36.2 Å². The lowest BCUT2D eigenvalue weighted by Gasteiger charge is -2.30. The van der Waals surface area contributed by atoms with Crippen LogP contribution in [-0.4, -0.2) is 64.5 Å². The third-order valence-electron chi connectivity index (χ3n) is 5.52. The fourth-order valence-electron chi connectivity index (χ4n) is 3.69. The Balaban J connectivity index is 1.92. The van der Waals surface area contributed by atoms with E-state index < -0.39 is 12.1 Å². The molecular formula is C23H30N4O5. The van der Waals surface area contributed by atoms with Gasteiger partial charge in [-0.25, -0.2) is 4.79 Å². The molecule has 0 spiro atoms. The quantitative estimate of drug-likeness (QED) is 0.250. The standard InChI is InChI=1S/C23H30N4O5/c1-14(2)17-11-18(20(29)12-19(17)28)21(24)27(22(25)23(30)31)16-5-3-15(4-6-16)13-26-7-9-32-10-8-26/h3-6,11-12,14,22,24,28-29H,7-10,13,25H2,1-2H3,(H,30,31). The van der Waals surface area contributed by atoms with Crippen LogP contribution in [-0.2, 0) is 16.1 Å². The highest BCUT2D eigenvalue weighted by molar-refractivity contribution is 6.12. The summed E-state index contributed by atoms with van der Waals surface area (Å²) < 4.78 is 5.37. The molecule has 172 valence electrons. The Labute approximate surface area is 187 Å². The molecule has 1 heterocycles. The van der Waals surface area contributed by atoms with Gasteiger partial charge in [-0.3, -0.25) is 15.2 Å². The highest BCUT2D eigenvalue weighted by Crippen LogP contribution is 2.34. The molecule has 9 heteroatoms. The molecule has 0 bridgehead atoms. The molecule has 1 aliphatic rings. The van der Waals surface area contributed by atoms with Crippen molar-refractivity contribution in [2.45, 2.75) is 32.5 Å². The Morgan fingerprint density at radius 1 is 1.16 bits per heavy atom. The maximum Gasteiger partial charge on any atom is 0.341 e. The highest BCUT2D eigenvalue weighted by atomic mass is 16.5. The molecule has 1 fully saturated rings. The monoisotopic (exact) mass is 442 g/mol. The van der Waals surface area contributed by atoms with Crippen LogP contribution in [0.2, 0.25) is 0 Å². The van der Waals surface area contributed by atoms with E-state index in [4.69, 9.17) is 15.9 Å². The normalized spacial score (nSPS) is 15.5. The molecule has 0 saturated carbocycles. The van der Waals surface area contributed by atoms with Crippen molar-refractivity contribution < 1.29 is 24.9 Å².